The zero-order valence-electron chi connectivity index (χ0n) is 15.6. The maximum absolute atomic E-state index is 14.3. The Morgan fingerprint density at radius 1 is 1.17 bits per heavy atom. The second-order valence-corrected chi connectivity index (χ2v) is 6.44. The molecule has 0 fully saturated rings. The minimum absolute atomic E-state index is 0.0838. The molecule has 2 heterocycles. The van der Waals surface area contributed by atoms with Crippen molar-refractivity contribution in [2.45, 2.75) is 6.61 Å². The highest BCUT2D eigenvalue weighted by Gasteiger charge is 2.19. The number of nitrogen functional groups attached to an aromatic ring is 1. The van der Waals surface area contributed by atoms with E-state index in [0.29, 0.717) is 22.8 Å². The summed E-state index contributed by atoms with van der Waals surface area (Å²) < 4.78 is 20.1. The van der Waals surface area contributed by atoms with Gasteiger partial charge in [0.15, 0.2) is 11.6 Å². The molecule has 0 saturated carbocycles. The highest BCUT2D eigenvalue weighted by molar-refractivity contribution is 6.05. The van der Waals surface area contributed by atoms with Gasteiger partial charge in [-0.1, -0.05) is 18.2 Å². The van der Waals surface area contributed by atoms with Crippen LogP contribution < -0.4 is 31.8 Å². The number of hydrogen-bond donors (Lipinski definition) is 4. The number of aromatic nitrogens is 1. The molecule has 0 spiro atoms. The first kappa shape index (κ1) is 18.5. The van der Waals surface area contributed by atoms with Gasteiger partial charge in [-0.2, -0.15) is 0 Å². The van der Waals surface area contributed by atoms with E-state index in [1.165, 1.54) is 29.2 Å². The number of ether oxygens (including phenoxy) is 1. The number of nitrogens with one attached hydrogen (secondary N) is 3. The van der Waals surface area contributed by atoms with Crippen LogP contribution in [0.1, 0.15) is 15.9 Å². The van der Waals surface area contributed by atoms with Gasteiger partial charge in [0.25, 0.3) is 5.91 Å². The number of hydrogen-bond acceptors (Lipinski definition) is 7. The number of nitrogens with zero attached hydrogens (tertiary/aromatic N) is 2. The summed E-state index contributed by atoms with van der Waals surface area (Å²) in [4.78, 5) is 18.4. The Balaban J connectivity index is 1.54. The third-order valence-corrected chi connectivity index (χ3v) is 4.50. The van der Waals surface area contributed by atoms with Crippen LogP contribution in [0.15, 0.2) is 54.6 Å². The van der Waals surface area contributed by atoms with Crippen molar-refractivity contribution in [1.29, 1.82) is 0 Å². The van der Waals surface area contributed by atoms with E-state index in [2.05, 4.69) is 21.4 Å². The number of fused-ring (bicyclic) bond motifs is 1. The van der Waals surface area contributed by atoms with Crippen molar-refractivity contribution in [3.05, 3.63) is 71.5 Å². The monoisotopic (exact) mass is 394 g/mol. The third kappa shape index (κ3) is 3.76. The second kappa shape index (κ2) is 7.64. The van der Waals surface area contributed by atoms with E-state index in [-0.39, 0.29) is 23.9 Å². The number of rotatable bonds is 5. The Morgan fingerprint density at radius 3 is 2.76 bits per heavy atom. The van der Waals surface area contributed by atoms with Gasteiger partial charge in [-0.15, -0.1) is 5.53 Å². The number of pyridine rings is 1. The summed E-state index contributed by atoms with van der Waals surface area (Å²) in [5.74, 6) is 0.426. The Labute approximate surface area is 166 Å². The SMILES string of the molecule is CN(C(=O)c1ccc(F)c(COc2cc(N)nc3c2NNN3)c1)c1ccccc1. The summed E-state index contributed by atoms with van der Waals surface area (Å²) in [6.07, 6.45) is 0. The molecule has 3 aromatic rings. The number of para-hydroxylation sites is 1. The molecule has 0 bridgehead atoms. The highest BCUT2D eigenvalue weighted by Crippen LogP contribution is 2.35. The van der Waals surface area contributed by atoms with E-state index in [1.54, 1.807) is 7.05 Å². The molecule has 4 rings (SSSR count). The fourth-order valence-electron chi connectivity index (χ4n) is 2.95. The molecule has 0 saturated heterocycles. The molecule has 29 heavy (non-hydrogen) atoms. The lowest BCUT2D eigenvalue weighted by molar-refractivity contribution is 0.0993. The van der Waals surface area contributed by atoms with Gasteiger partial charge >= 0.3 is 0 Å². The number of hydrazine groups is 2. The molecule has 9 heteroatoms. The molecular weight excluding hydrogens is 375 g/mol. The normalized spacial score (nSPS) is 11.9. The fourth-order valence-corrected chi connectivity index (χ4v) is 2.95. The summed E-state index contributed by atoms with van der Waals surface area (Å²) in [6, 6.07) is 15.0. The van der Waals surface area contributed by atoms with E-state index < -0.39 is 5.82 Å². The molecule has 1 aromatic heterocycles. The average Bonchev–Trinajstić information content (AvgIpc) is 3.21. The first-order chi connectivity index (χ1) is 14.0. The van der Waals surface area contributed by atoms with Gasteiger partial charge in [0.2, 0.25) is 0 Å². The predicted molar refractivity (Wildman–Crippen MR) is 109 cm³/mol. The number of nitrogens with two attached hydrogens (primary N) is 1. The van der Waals surface area contributed by atoms with Crippen molar-refractivity contribution < 1.29 is 13.9 Å². The predicted octanol–water partition coefficient (Wildman–Crippen LogP) is 2.92. The molecule has 0 atom stereocenters. The van der Waals surface area contributed by atoms with E-state index in [9.17, 15) is 9.18 Å². The lowest BCUT2D eigenvalue weighted by Gasteiger charge is -2.18. The van der Waals surface area contributed by atoms with Crippen molar-refractivity contribution in [3.63, 3.8) is 0 Å². The van der Waals surface area contributed by atoms with E-state index >= 15 is 0 Å². The van der Waals surface area contributed by atoms with Gasteiger partial charge < -0.3 is 15.4 Å². The summed E-state index contributed by atoms with van der Waals surface area (Å²) >= 11 is 0. The summed E-state index contributed by atoms with van der Waals surface area (Å²) in [6.45, 7) is -0.0838. The van der Waals surface area contributed by atoms with Crippen molar-refractivity contribution in [3.8, 4) is 5.75 Å². The Bertz CT molecular complexity index is 1060. The second-order valence-electron chi connectivity index (χ2n) is 6.44. The Kier molecular flexibility index (Phi) is 4.88. The van der Waals surface area contributed by atoms with E-state index in [0.717, 1.165) is 5.69 Å². The maximum atomic E-state index is 14.3. The number of benzene rings is 2. The van der Waals surface area contributed by atoms with Gasteiger partial charge in [0, 0.05) is 29.9 Å². The molecule has 0 unspecified atom stereocenters. The van der Waals surface area contributed by atoms with Crippen LogP contribution in [0.4, 0.5) is 27.4 Å². The molecule has 0 aliphatic carbocycles. The van der Waals surface area contributed by atoms with E-state index in [4.69, 9.17) is 10.5 Å². The topological polar surface area (TPSA) is 105 Å². The van der Waals surface area contributed by atoms with Gasteiger partial charge in [0.05, 0.1) is 0 Å². The van der Waals surface area contributed by atoms with Crippen LogP contribution >= 0.6 is 0 Å². The highest BCUT2D eigenvalue weighted by atomic mass is 19.1. The number of anilines is 4. The molecule has 8 nitrogen and oxygen atoms in total. The number of halogens is 1. The largest absolute Gasteiger partial charge is 0.486 e. The van der Waals surface area contributed by atoms with Gasteiger partial charge in [0.1, 0.15) is 23.9 Å². The molecular formula is C20H19FN6O2. The van der Waals surface area contributed by atoms with Gasteiger partial charge in [-0.05, 0) is 30.3 Å². The number of carbonyl (C=O) groups excluding carboxylic acids is 1. The average molecular weight is 394 g/mol. The first-order valence-corrected chi connectivity index (χ1v) is 8.85. The molecule has 2 aromatic carbocycles. The Morgan fingerprint density at radius 2 is 1.97 bits per heavy atom. The summed E-state index contributed by atoms with van der Waals surface area (Å²) in [7, 11) is 1.67. The standard InChI is InChI=1S/C20H19FN6O2/c1-27(14-5-3-2-4-6-14)20(28)12-7-8-15(21)13(9-12)11-29-16-10-17(22)23-19-18(16)24-26-25-19/h2-10,24,26H,11H2,1H3,(H3,22,23,25). The zero-order valence-corrected chi connectivity index (χ0v) is 15.6. The van der Waals surface area contributed by atoms with Crippen LogP contribution in [0.5, 0.6) is 5.75 Å². The molecule has 1 aliphatic rings. The summed E-state index contributed by atoms with van der Waals surface area (Å²) in [5, 5.41) is 0. The summed E-state index contributed by atoms with van der Waals surface area (Å²) in [5.41, 5.74) is 16.0. The fraction of sp³-hybridized carbons (Fsp3) is 0.100. The van der Waals surface area contributed by atoms with Crippen LogP contribution in [0.3, 0.4) is 0 Å². The lowest BCUT2D eigenvalue weighted by atomic mass is 10.1. The molecule has 0 radical (unpaired) electrons. The number of carbonyl (C=O) groups is 1. The van der Waals surface area contributed by atoms with E-state index in [1.807, 2.05) is 30.3 Å². The molecule has 1 amide bonds. The van der Waals surface area contributed by atoms with Crippen LogP contribution in [-0.4, -0.2) is 17.9 Å². The van der Waals surface area contributed by atoms with Crippen LogP contribution in [0, 0.1) is 5.82 Å². The minimum atomic E-state index is -0.466. The lowest BCUT2D eigenvalue weighted by Crippen LogP contribution is -2.26. The molecule has 148 valence electrons. The first-order valence-electron chi connectivity index (χ1n) is 8.85. The Hall–Kier alpha value is -3.85. The van der Waals surface area contributed by atoms with Gasteiger partial charge in [-0.3, -0.25) is 15.6 Å². The smallest absolute Gasteiger partial charge is 0.258 e. The van der Waals surface area contributed by atoms with Crippen molar-refractivity contribution in [2.75, 3.05) is 28.5 Å². The molecule has 5 N–H and O–H groups in total. The zero-order chi connectivity index (χ0) is 20.4. The van der Waals surface area contributed by atoms with Gasteiger partial charge in [-0.25, -0.2) is 9.37 Å². The van der Waals surface area contributed by atoms with Crippen LogP contribution in [0.2, 0.25) is 0 Å². The maximum Gasteiger partial charge on any atom is 0.258 e. The third-order valence-electron chi connectivity index (χ3n) is 4.50. The minimum Gasteiger partial charge on any atom is -0.486 e. The van der Waals surface area contributed by atoms with Crippen LogP contribution in [0.25, 0.3) is 0 Å². The quantitative estimate of drug-likeness (QED) is 0.527. The molecule has 1 aliphatic heterocycles. The van der Waals surface area contributed by atoms with Crippen molar-refractivity contribution >= 4 is 28.9 Å². The van der Waals surface area contributed by atoms with Crippen LogP contribution in [-0.2, 0) is 6.61 Å². The van der Waals surface area contributed by atoms with Crippen molar-refractivity contribution in [1.82, 2.24) is 10.5 Å². The van der Waals surface area contributed by atoms with Crippen molar-refractivity contribution in [2.24, 2.45) is 0 Å². The number of amides is 1.